The summed E-state index contributed by atoms with van der Waals surface area (Å²) in [6.45, 7) is 2.41. The molecule has 2 amide bonds. The fourth-order valence-electron chi connectivity index (χ4n) is 3.03. The number of aryl methyl sites for hydroxylation is 1. The maximum absolute atomic E-state index is 13.6. The predicted octanol–water partition coefficient (Wildman–Crippen LogP) is 3.46. The van der Waals surface area contributed by atoms with E-state index in [1.165, 1.54) is 6.07 Å². The highest BCUT2D eigenvalue weighted by molar-refractivity contribution is 6.30. The largest absolute Gasteiger partial charge is 0.351 e. The van der Waals surface area contributed by atoms with Gasteiger partial charge in [-0.2, -0.15) is 0 Å². The average Bonchev–Trinajstić information content (AvgIpc) is 2.95. The fourth-order valence-corrected chi connectivity index (χ4v) is 3.26. The Morgan fingerprint density at radius 3 is 2.80 bits per heavy atom. The number of benzene rings is 2. The zero-order chi connectivity index (χ0) is 18.0. The third kappa shape index (κ3) is 3.66. The first kappa shape index (κ1) is 17.4. The molecule has 0 aromatic heterocycles. The molecular formula is C19H18ClFN2O2. The first-order valence-electron chi connectivity index (χ1n) is 8.06. The van der Waals surface area contributed by atoms with Crippen LogP contribution >= 0.6 is 11.6 Å². The van der Waals surface area contributed by atoms with E-state index < -0.39 is 5.92 Å². The van der Waals surface area contributed by atoms with E-state index in [4.69, 9.17) is 11.6 Å². The van der Waals surface area contributed by atoms with Gasteiger partial charge in [0.1, 0.15) is 11.7 Å². The van der Waals surface area contributed by atoms with Crippen molar-refractivity contribution in [1.29, 1.82) is 0 Å². The fraction of sp³-hybridized carbons (Fsp3) is 0.263. The van der Waals surface area contributed by atoms with Gasteiger partial charge >= 0.3 is 0 Å². The Labute approximate surface area is 150 Å². The van der Waals surface area contributed by atoms with Gasteiger partial charge in [-0.1, -0.05) is 29.8 Å². The van der Waals surface area contributed by atoms with Gasteiger partial charge in [0.2, 0.25) is 11.8 Å². The lowest BCUT2D eigenvalue weighted by molar-refractivity contribution is -0.132. The third-order valence-electron chi connectivity index (χ3n) is 4.38. The summed E-state index contributed by atoms with van der Waals surface area (Å²) < 4.78 is 13.6. The Kier molecular flexibility index (Phi) is 5.04. The second-order valence-electron chi connectivity index (χ2n) is 6.07. The van der Waals surface area contributed by atoms with Crippen LogP contribution in [0.25, 0.3) is 0 Å². The van der Waals surface area contributed by atoms with Gasteiger partial charge in [-0.25, -0.2) is 4.39 Å². The SMILES string of the molecule is Cc1cc(Cl)ccc1N1CC[C@H](C(=O)NCc2ccccc2F)C1=O. The maximum Gasteiger partial charge on any atom is 0.239 e. The Balaban J connectivity index is 1.67. The summed E-state index contributed by atoms with van der Waals surface area (Å²) in [7, 11) is 0. The van der Waals surface area contributed by atoms with Crippen LogP contribution in [0.15, 0.2) is 42.5 Å². The van der Waals surface area contributed by atoms with Crippen molar-refractivity contribution in [3.8, 4) is 0 Å². The molecule has 130 valence electrons. The van der Waals surface area contributed by atoms with Gasteiger partial charge in [-0.3, -0.25) is 9.59 Å². The van der Waals surface area contributed by atoms with E-state index in [1.54, 1.807) is 41.3 Å². The van der Waals surface area contributed by atoms with Crippen LogP contribution in [0, 0.1) is 18.7 Å². The van der Waals surface area contributed by atoms with Crippen LogP contribution in [0.4, 0.5) is 10.1 Å². The average molecular weight is 361 g/mol. The normalized spacial score (nSPS) is 17.0. The molecule has 0 radical (unpaired) electrons. The van der Waals surface area contributed by atoms with E-state index in [9.17, 15) is 14.0 Å². The Hall–Kier alpha value is -2.40. The molecule has 4 nitrogen and oxygen atoms in total. The number of hydrogen-bond acceptors (Lipinski definition) is 2. The number of rotatable bonds is 4. The number of hydrogen-bond donors (Lipinski definition) is 1. The third-order valence-corrected chi connectivity index (χ3v) is 4.62. The Morgan fingerprint density at radius 1 is 1.32 bits per heavy atom. The maximum atomic E-state index is 13.6. The van der Waals surface area contributed by atoms with Crippen molar-refractivity contribution in [1.82, 2.24) is 5.32 Å². The minimum Gasteiger partial charge on any atom is -0.351 e. The van der Waals surface area contributed by atoms with Gasteiger partial charge in [0.25, 0.3) is 0 Å². The van der Waals surface area contributed by atoms with E-state index in [0.717, 1.165) is 11.3 Å². The van der Waals surface area contributed by atoms with Crippen molar-refractivity contribution in [2.75, 3.05) is 11.4 Å². The monoisotopic (exact) mass is 360 g/mol. The van der Waals surface area contributed by atoms with E-state index in [2.05, 4.69) is 5.32 Å². The minimum absolute atomic E-state index is 0.0647. The summed E-state index contributed by atoms with van der Waals surface area (Å²) in [4.78, 5) is 26.6. The van der Waals surface area contributed by atoms with Gasteiger partial charge in [0.15, 0.2) is 0 Å². The van der Waals surface area contributed by atoms with Gasteiger partial charge in [0.05, 0.1) is 0 Å². The summed E-state index contributed by atoms with van der Waals surface area (Å²) in [5, 5.41) is 3.26. The molecule has 2 aromatic carbocycles. The molecule has 1 aliphatic rings. The quantitative estimate of drug-likeness (QED) is 0.849. The number of anilines is 1. The van der Waals surface area contributed by atoms with Crippen molar-refractivity contribution in [2.45, 2.75) is 19.9 Å². The van der Waals surface area contributed by atoms with Crippen molar-refractivity contribution in [3.05, 3.63) is 64.4 Å². The van der Waals surface area contributed by atoms with E-state index in [1.807, 2.05) is 6.92 Å². The highest BCUT2D eigenvalue weighted by Crippen LogP contribution is 2.29. The number of carbonyl (C=O) groups is 2. The van der Waals surface area contributed by atoms with Crippen LogP contribution in [0.5, 0.6) is 0 Å². The topological polar surface area (TPSA) is 49.4 Å². The van der Waals surface area contributed by atoms with Crippen molar-refractivity contribution in [2.24, 2.45) is 5.92 Å². The summed E-state index contributed by atoms with van der Waals surface area (Å²) in [5.74, 6) is -1.74. The molecule has 1 aliphatic heterocycles. The predicted molar refractivity (Wildman–Crippen MR) is 94.9 cm³/mol. The van der Waals surface area contributed by atoms with Gasteiger partial charge < -0.3 is 10.2 Å². The lowest BCUT2D eigenvalue weighted by Gasteiger charge is -2.19. The highest BCUT2D eigenvalue weighted by Gasteiger charge is 2.37. The molecule has 1 heterocycles. The molecule has 25 heavy (non-hydrogen) atoms. The molecule has 3 rings (SSSR count). The molecule has 0 saturated carbocycles. The summed E-state index contributed by atoms with van der Waals surface area (Å²) in [5.41, 5.74) is 2.04. The smallest absolute Gasteiger partial charge is 0.239 e. The second-order valence-corrected chi connectivity index (χ2v) is 6.51. The van der Waals surface area contributed by atoms with Gasteiger partial charge in [-0.15, -0.1) is 0 Å². The summed E-state index contributed by atoms with van der Waals surface area (Å²) in [6, 6.07) is 11.5. The van der Waals surface area contributed by atoms with E-state index >= 15 is 0 Å². The molecule has 0 aliphatic carbocycles. The molecule has 1 saturated heterocycles. The van der Waals surface area contributed by atoms with E-state index in [0.29, 0.717) is 23.6 Å². The molecule has 1 fully saturated rings. The molecule has 2 aromatic rings. The lowest BCUT2D eigenvalue weighted by Crippen LogP contribution is -2.36. The van der Waals surface area contributed by atoms with Crippen molar-refractivity contribution in [3.63, 3.8) is 0 Å². The van der Waals surface area contributed by atoms with Crippen molar-refractivity contribution >= 4 is 29.1 Å². The van der Waals surface area contributed by atoms with Crippen LogP contribution in [0.1, 0.15) is 17.5 Å². The van der Waals surface area contributed by atoms with E-state index in [-0.39, 0.29) is 24.2 Å². The number of nitrogens with one attached hydrogen (secondary N) is 1. The van der Waals surface area contributed by atoms with Crippen LogP contribution in [0.2, 0.25) is 5.02 Å². The van der Waals surface area contributed by atoms with Crippen LogP contribution in [-0.2, 0) is 16.1 Å². The van der Waals surface area contributed by atoms with Crippen LogP contribution in [0.3, 0.4) is 0 Å². The van der Waals surface area contributed by atoms with Crippen LogP contribution < -0.4 is 10.2 Å². The minimum atomic E-state index is -0.748. The van der Waals surface area contributed by atoms with Crippen molar-refractivity contribution < 1.29 is 14.0 Å². The summed E-state index contributed by atoms with van der Waals surface area (Å²) >= 11 is 5.95. The number of amides is 2. The number of nitrogens with zero attached hydrogens (tertiary/aromatic N) is 1. The van der Waals surface area contributed by atoms with Gasteiger partial charge in [-0.05, 0) is 43.2 Å². The first-order valence-corrected chi connectivity index (χ1v) is 8.44. The highest BCUT2D eigenvalue weighted by atomic mass is 35.5. The standard InChI is InChI=1S/C19H18ClFN2O2/c1-12-10-14(20)6-7-17(12)23-9-8-15(19(23)25)18(24)22-11-13-4-2-3-5-16(13)21/h2-7,10,15H,8-9,11H2,1H3,(H,22,24)/t15-/m1/s1. The molecule has 6 heteroatoms. The van der Waals surface area contributed by atoms with Gasteiger partial charge in [0, 0.05) is 29.4 Å². The van der Waals surface area contributed by atoms with Crippen LogP contribution in [-0.4, -0.2) is 18.4 Å². The zero-order valence-corrected chi connectivity index (χ0v) is 14.5. The molecular weight excluding hydrogens is 343 g/mol. The lowest BCUT2D eigenvalue weighted by atomic mass is 10.1. The number of halogens is 2. The molecule has 1 N–H and O–H groups in total. The first-order chi connectivity index (χ1) is 12.0. The summed E-state index contributed by atoms with van der Waals surface area (Å²) in [6.07, 6.45) is 0.435. The molecule has 0 bridgehead atoms. The Bertz CT molecular complexity index is 825. The second kappa shape index (κ2) is 7.23. The molecule has 0 unspecified atom stereocenters. The molecule has 0 spiro atoms. The number of carbonyl (C=O) groups excluding carboxylic acids is 2. The zero-order valence-electron chi connectivity index (χ0n) is 13.8. The molecule has 1 atom stereocenters. The Morgan fingerprint density at radius 2 is 2.08 bits per heavy atom.